The van der Waals surface area contributed by atoms with Crippen LogP contribution in [0.15, 0.2) is 36.4 Å². The summed E-state index contributed by atoms with van der Waals surface area (Å²) in [5, 5.41) is 9.47. The number of nitrogens with one attached hydrogen (secondary N) is 3. The molecule has 1 aliphatic rings. The van der Waals surface area contributed by atoms with Crippen molar-refractivity contribution in [3.8, 4) is 0 Å². The van der Waals surface area contributed by atoms with E-state index in [0.29, 0.717) is 37.9 Å². The van der Waals surface area contributed by atoms with E-state index in [9.17, 15) is 9.59 Å². The molecule has 5 nitrogen and oxygen atoms in total. The normalized spacial score (nSPS) is 18.8. The lowest BCUT2D eigenvalue weighted by Gasteiger charge is -2.29. The Kier molecular flexibility index (Phi) is 7.28. The van der Waals surface area contributed by atoms with Crippen molar-refractivity contribution in [2.75, 3.05) is 10.6 Å². The van der Waals surface area contributed by atoms with Gasteiger partial charge in [-0.3, -0.25) is 4.79 Å². The molecule has 8 heteroatoms. The van der Waals surface area contributed by atoms with Crippen molar-refractivity contribution in [1.82, 2.24) is 5.32 Å². The average Bonchev–Trinajstić information content (AvgIpc) is 2.68. The van der Waals surface area contributed by atoms with E-state index in [2.05, 4.69) is 22.9 Å². The molecule has 3 rings (SSSR count). The van der Waals surface area contributed by atoms with Crippen LogP contribution in [0.5, 0.6) is 0 Å². The van der Waals surface area contributed by atoms with Gasteiger partial charge in [0.05, 0.1) is 20.8 Å². The zero-order valence-corrected chi connectivity index (χ0v) is 18.2. The summed E-state index contributed by atoms with van der Waals surface area (Å²) in [6.45, 7) is 2.16. The third-order valence-corrected chi connectivity index (χ3v) is 6.15. The Morgan fingerprint density at radius 1 is 0.897 bits per heavy atom. The number of hydrogen-bond donors (Lipinski definition) is 3. The standard InChI is InChI=1S/C21H22Cl3N3O2/c1-12-4-2-3-5-18(12)26-20(28)13-6-8-16(23)19(10-13)27-21(29)25-14-7-9-15(22)17(24)11-14/h6-12,18H,2-5H2,1H3,(H,26,28)(H2,25,27,29)/t12-,18-/m0/s1. The summed E-state index contributed by atoms with van der Waals surface area (Å²) in [4.78, 5) is 25.0. The summed E-state index contributed by atoms with van der Waals surface area (Å²) in [6, 6.07) is 9.22. The quantitative estimate of drug-likeness (QED) is 0.487. The molecule has 2 aromatic rings. The van der Waals surface area contributed by atoms with E-state index in [1.165, 1.54) is 6.42 Å². The third kappa shape index (κ3) is 5.78. The third-order valence-electron chi connectivity index (χ3n) is 5.08. The molecule has 2 atom stereocenters. The maximum absolute atomic E-state index is 12.7. The van der Waals surface area contributed by atoms with Crippen LogP contribution >= 0.6 is 34.8 Å². The summed E-state index contributed by atoms with van der Waals surface area (Å²) >= 11 is 18.0. The maximum atomic E-state index is 12.7. The topological polar surface area (TPSA) is 70.2 Å². The molecule has 0 unspecified atom stereocenters. The van der Waals surface area contributed by atoms with Gasteiger partial charge in [-0.15, -0.1) is 0 Å². The molecule has 0 saturated heterocycles. The first-order chi connectivity index (χ1) is 13.8. The smallest absolute Gasteiger partial charge is 0.323 e. The number of hydrogen-bond acceptors (Lipinski definition) is 2. The lowest BCUT2D eigenvalue weighted by Crippen LogP contribution is -2.41. The van der Waals surface area contributed by atoms with Crippen molar-refractivity contribution in [3.05, 3.63) is 57.0 Å². The summed E-state index contributed by atoms with van der Waals surface area (Å²) < 4.78 is 0. The molecule has 0 aliphatic heterocycles. The van der Waals surface area contributed by atoms with Crippen molar-refractivity contribution in [2.45, 2.75) is 38.6 Å². The molecule has 0 heterocycles. The van der Waals surface area contributed by atoms with Gasteiger partial charge in [-0.05, 0) is 55.2 Å². The van der Waals surface area contributed by atoms with Crippen LogP contribution in [0.25, 0.3) is 0 Å². The largest absolute Gasteiger partial charge is 0.349 e. The Balaban J connectivity index is 1.67. The van der Waals surface area contributed by atoms with Gasteiger partial charge < -0.3 is 16.0 Å². The summed E-state index contributed by atoms with van der Waals surface area (Å²) in [5.74, 6) is 0.280. The maximum Gasteiger partial charge on any atom is 0.323 e. The highest BCUT2D eigenvalue weighted by molar-refractivity contribution is 6.42. The Labute approximate surface area is 185 Å². The fourth-order valence-corrected chi connectivity index (χ4v) is 3.87. The average molecular weight is 455 g/mol. The van der Waals surface area contributed by atoms with Crippen LogP contribution in [-0.4, -0.2) is 18.0 Å². The lowest BCUT2D eigenvalue weighted by molar-refractivity contribution is 0.0910. The van der Waals surface area contributed by atoms with Crippen LogP contribution in [0.4, 0.5) is 16.2 Å². The summed E-state index contributed by atoms with van der Waals surface area (Å²) in [6.07, 6.45) is 4.43. The van der Waals surface area contributed by atoms with Gasteiger partial charge in [0.2, 0.25) is 0 Å². The first kappa shape index (κ1) is 21.8. The molecule has 1 aliphatic carbocycles. The van der Waals surface area contributed by atoms with E-state index in [1.807, 2.05) is 0 Å². The van der Waals surface area contributed by atoms with Gasteiger partial charge in [-0.2, -0.15) is 0 Å². The first-order valence-corrected chi connectivity index (χ1v) is 10.6. The van der Waals surface area contributed by atoms with Crippen LogP contribution in [0.1, 0.15) is 43.0 Å². The van der Waals surface area contributed by atoms with Gasteiger partial charge in [0, 0.05) is 17.3 Å². The first-order valence-electron chi connectivity index (χ1n) is 9.47. The predicted molar refractivity (Wildman–Crippen MR) is 119 cm³/mol. The van der Waals surface area contributed by atoms with Crippen molar-refractivity contribution >= 4 is 58.1 Å². The molecule has 3 amide bonds. The van der Waals surface area contributed by atoms with Gasteiger partial charge in [0.1, 0.15) is 0 Å². The van der Waals surface area contributed by atoms with Gasteiger partial charge in [-0.25, -0.2) is 4.79 Å². The van der Waals surface area contributed by atoms with E-state index in [0.717, 1.165) is 19.3 Å². The van der Waals surface area contributed by atoms with Gasteiger partial charge in [-0.1, -0.05) is 54.6 Å². The fraction of sp³-hybridized carbons (Fsp3) is 0.333. The van der Waals surface area contributed by atoms with Gasteiger partial charge in [0.25, 0.3) is 5.91 Å². The number of benzene rings is 2. The van der Waals surface area contributed by atoms with E-state index in [1.54, 1.807) is 36.4 Å². The molecule has 1 fully saturated rings. The van der Waals surface area contributed by atoms with Crippen molar-refractivity contribution in [3.63, 3.8) is 0 Å². The van der Waals surface area contributed by atoms with Crippen LogP contribution < -0.4 is 16.0 Å². The molecular weight excluding hydrogens is 433 g/mol. The van der Waals surface area contributed by atoms with E-state index in [4.69, 9.17) is 34.8 Å². The molecule has 154 valence electrons. The SMILES string of the molecule is C[C@H]1CCCC[C@@H]1NC(=O)c1ccc(Cl)c(NC(=O)Nc2ccc(Cl)c(Cl)c2)c1. The molecule has 2 aromatic carbocycles. The highest BCUT2D eigenvalue weighted by Crippen LogP contribution is 2.27. The Morgan fingerprint density at radius 2 is 1.62 bits per heavy atom. The van der Waals surface area contributed by atoms with Crippen molar-refractivity contribution in [1.29, 1.82) is 0 Å². The van der Waals surface area contributed by atoms with Crippen LogP contribution in [0.2, 0.25) is 15.1 Å². The second kappa shape index (κ2) is 9.70. The number of anilines is 2. The van der Waals surface area contributed by atoms with Crippen LogP contribution in [0.3, 0.4) is 0 Å². The number of carbonyl (C=O) groups excluding carboxylic acids is 2. The second-order valence-electron chi connectivity index (χ2n) is 7.24. The van der Waals surface area contributed by atoms with Crippen LogP contribution in [-0.2, 0) is 0 Å². The molecular formula is C21H22Cl3N3O2. The zero-order valence-electron chi connectivity index (χ0n) is 15.9. The monoisotopic (exact) mass is 453 g/mol. The van der Waals surface area contributed by atoms with Crippen molar-refractivity contribution in [2.24, 2.45) is 5.92 Å². The number of carbonyl (C=O) groups is 2. The predicted octanol–water partition coefficient (Wildman–Crippen LogP) is 6.60. The highest BCUT2D eigenvalue weighted by atomic mass is 35.5. The summed E-state index contributed by atoms with van der Waals surface area (Å²) in [7, 11) is 0. The lowest BCUT2D eigenvalue weighted by atomic mass is 9.86. The molecule has 0 radical (unpaired) electrons. The molecule has 1 saturated carbocycles. The van der Waals surface area contributed by atoms with Crippen LogP contribution in [0, 0.1) is 5.92 Å². The van der Waals surface area contributed by atoms with Gasteiger partial charge in [0.15, 0.2) is 0 Å². The Bertz CT molecular complexity index is 920. The minimum atomic E-state index is -0.510. The zero-order chi connectivity index (χ0) is 21.0. The molecule has 0 spiro atoms. The summed E-state index contributed by atoms with van der Waals surface area (Å²) in [5.41, 5.74) is 1.26. The molecule has 3 N–H and O–H groups in total. The minimum Gasteiger partial charge on any atom is -0.349 e. The Hall–Kier alpha value is -1.95. The fourth-order valence-electron chi connectivity index (χ4n) is 3.40. The molecule has 0 bridgehead atoms. The molecule has 0 aromatic heterocycles. The van der Waals surface area contributed by atoms with E-state index < -0.39 is 6.03 Å². The van der Waals surface area contributed by atoms with Crippen molar-refractivity contribution < 1.29 is 9.59 Å². The highest BCUT2D eigenvalue weighted by Gasteiger charge is 2.23. The second-order valence-corrected chi connectivity index (χ2v) is 8.47. The molecule has 29 heavy (non-hydrogen) atoms. The van der Waals surface area contributed by atoms with E-state index in [-0.39, 0.29) is 11.9 Å². The Morgan fingerprint density at radius 3 is 2.34 bits per heavy atom. The van der Waals surface area contributed by atoms with E-state index >= 15 is 0 Å². The number of rotatable bonds is 4. The number of amides is 3. The number of urea groups is 1. The number of halogens is 3. The van der Waals surface area contributed by atoms with Gasteiger partial charge >= 0.3 is 6.03 Å². The minimum absolute atomic E-state index is 0.168.